The van der Waals surface area contributed by atoms with Gasteiger partial charge in [-0.15, -0.1) is 22.7 Å². The highest BCUT2D eigenvalue weighted by molar-refractivity contribution is 7.19. The molecule has 0 spiro atoms. The molecule has 0 atom stereocenters. The molecular formula is C14H14N4S2. The molecule has 3 N–H and O–H groups in total. The maximum atomic E-state index is 5.70. The van der Waals surface area contributed by atoms with Crippen LogP contribution in [-0.4, -0.2) is 9.97 Å². The predicted molar refractivity (Wildman–Crippen MR) is 85.2 cm³/mol. The lowest BCUT2D eigenvalue weighted by Gasteiger charge is -2.11. The van der Waals surface area contributed by atoms with Crippen molar-refractivity contribution < 1.29 is 0 Å². The number of nitrogens with one attached hydrogen (secondary N) is 1. The van der Waals surface area contributed by atoms with Crippen LogP contribution in [0.4, 0.5) is 5.82 Å². The van der Waals surface area contributed by atoms with E-state index >= 15 is 0 Å². The zero-order valence-electron chi connectivity index (χ0n) is 10.8. The van der Waals surface area contributed by atoms with Crippen LogP contribution in [0.5, 0.6) is 0 Å². The number of hydrogen-bond acceptors (Lipinski definition) is 6. The summed E-state index contributed by atoms with van der Waals surface area (Å²) in [6.45, 7) is 0. The summed E-state index contributed by atoms with van der Waals surface area (Å²) in [5.74, 6) is 7.22. The first-order valence-corrected chi connectivity index (χ1v) is 8.39. The number of anilines is 1. The molecule has 1 aliphatic carbocycles. The molecule has 4 nitrogen and oxygen atoms in total. The van der Waals surface area contributed by atoms with Crippen molar-refractivity contribution in [2.45, 2.75) is 25.7 Å². The highest BCUT2D eigenvalue weighted by Crippen LogP contribution is 2.39. The van der Waals surface area contributed by atoms with Crippen molar-refractivity contribution in [2.24, 2.45) is 5.84 Å². The van der Waals surface area contributed by atoms with Gasteiger partial charge in [-0.1, -0.05) is 6.07 Å². The van der Waals surface area contributed by atoms with Crippen LogP contribution in [0.2, 0.25) is 0 Å². The molecule has 0 amide bonds. The minimum atomic E-state index is 0.762. The molecule has 4 rings (SSSR count). The Labute approximate surface area is 124 Å². The average Bonchev–Trinajstić information content (AvgIpc) is 3.13. The van der Waals surface area contributed by atoms with E-state index < -0.39 is 0 Å². The standard InChI is InChI=1S/C14H14N4S2/c15-18-13-11-8-4-1-2-5-9(8)20-14(11)17-12(16-13)10-6-3-7-19-10/h3,6-7H,1-2,4-5,15H2,(H,16,17,18). The Hall–Kier alpha value is -1.50. The zero-order valence-corrected chi connectivity index (χ0v) is 12.5. The van der Waals surface area contributed by atoms with Crippen LogP contribution in [0, 0.1) is 0 Å². The molecular weight excluding hydrogens is 288 g/mol. The monoisotopic (exact) mass is 302 g/mol. The van der Waals surface area contributed by atoms with Gasteiger partial charge in [0.1, 0.15) is 4.83 Å². The van der Waals surface area contributed by atoms with E-state index in [1.807, 2.05) is 17.5 Å². The second-order valence-corrected chi connectivity index (χ2v) is 6.94. The molecule has 0 radical (unpaired) electrons. The molecule has 0 saturated heterocycles. The van der Waals surface area contributed by atoms with Crippen molar-refractivity contribution in [3.63, 3.8) is 0 Å². The third-order valence-electron chi connectivity index (χ3n) is 3.69. The molecule has 0 aromatic carbocycles. The van der Waals surface area contributed by atoms with Gasteiger partial charge < -0.3 is 5.43 Å². The van der Waals surface area contributed by atoms with E-state index in [1.165, 1.54) is 23.3 Å². The summed E-state index contributed by atoms with van der Waals surface area (Å²) in [5, 5.41) is 3.17. The summed E-state index contributed by atoms with van der Waals surface area (Å²) in [4.78, 5) is 13.0. The number of rotatable bonds is 2. The van der Waals surface area contributed by atoms with Gasteiger partial charge in [-0.25, -0.2) is 15.8 Å². The Balaban J connectivity index is 1.99. The fraction of sp³-hybridized carbons (Fsp3) is 0.286. The highest BCUT2D eigenvalue weighted by atomic mass is 32.1. The predicted octanol–water partition coefficient (Wildman–Crippen LogP) is 3.58. The first-order valence-electron chi connectivity index (χ1n) is 6.69. The van der Waals surface area contributed by atoms with Gasteiger partial charge in [0.05, 0.1) is 10.3 Å². The van der Waals surface area contributed by atoms with Crippen LogP contribution in [0.15, 0.2) is 17.5 Å². The molecule has 0 unspecified atom stereocenters. The molecule has 20 heavy (non-hydrogen) atoms. The lowest BCUT2D eigenvalue weighted by atomic mass is 9.97. The lowest BCUT2D eigenvalue weighted by Crippen LogP contribution is -2.10. The van der Waals surface area contributed by atoms with E-state index in [4.69, 9.17) is 10.8 Å². The largest absolute Gasteiger partial charge is 0.308 e. The molecule has 1 aliphatic rings. The molecule has 102 valence electrons. The van der Waals surface area contributed by atoms with Crippen molar-refractivity contribution in [3.8, 4) is 10.7 Å². The molecule has 0 bridgehead atoms. The Bertz CT molecular complexity index is 761. The smallest absolute Gasteiger partial charge is 0.173 e. The Morgan fingerprint density at radius 3 is 2.90 bits per heavy atom. The average molecular weight is 302 g/mol. The van der Waals surface area contributed by atoms with E-state index in [-0.39, 0.29) is 0 Å². The van der Waals surface area contributed by atoms with Gasteiger partial charge in [-0.05, 0) is 42.7 Å². The van der Waals surface area contributed by atoms with Crippen LogP contribution in [-0.2, 0) is 12.8 Å². The van der Waals surface area contributed by atoms with Crippen molar-refractivity contribution in [3.05, 3.63) is 28.0 Å². The molecule has 3 heterocycles. The summed E-state index contributed by atoms with van der Waals surface area (Å²) in [5.41, 5.74) is 4.17. The number of hydrogen-bond donors (Lipinski definition) is 2. The van der Waals surface area contributed by atoms with Crippen LogP contribution in [0.25, 0.3) is 20.9 Å². The molecule has 6 heteroatoms. The number of thiophene rings is 2. The van der Waals surface area contributed by atoms with E-state index in [0.29, 0.717) is 0 Å². The Morgan fingerprint density at radius 1 is 1.20 bits per heavy atom. The number of aryl methyl sites for hydroxylation is 2. The summed E-state index contributed by atoms with van der Waals surface area (Å²) < 4.78 is 0. The summed E-state index contributed by atoms with van der Waals surface area (Å²) in [7, 11) is 0. The van der Waals surface area contributed by atoms with Crippen LogP contribution < -0.4 is 11.3 Å². The number of nitrogens with two attached hydrogens (primary N) is 1. The maximum absolute atomic E-state index is 5.70. The quantitative estimate of drug-likeness (QED) is 0.561. The second-order valence-electron chi connectivity index (χ2n) is 4.91. The Kier molecular flexibility index (Phi) is 2.94. The van der Waals surface area contributed by atoms with E-state index in [1.54, 1.807) is 22.7 Å². The van der Waals surface area contributed by atoms with E-state index in [9.17, 15) is 0 Å². The van der Waals surface area contributed by atoms with Crippen molar-refractivity contribution in [1.29, 1.82) is 0 Å². The SMILES string of the molecule is NNc1nc(-c2cccs2)nc2sc3c(c12)CCCC3. The summed E-state index contributed by atoms with van der Waals surface area (Å²) in [6, 6.07) is 4.06. The minimum Gasteiger partial charge on any atom is -0.308 e. The molecule has 3 aromatic rings. The van der Waals surface area contributed by atoms with Crippen molar-refractivity contribution in [1.82, 2.24) is 9.97 Å². The van der Waals surface area contributed by atoms with Crippen LogP contribution in [0.1, 0.15) is 23.3 Å². The number of fused-ring (bicyclic) bond motifs is 3. The third kappa shape index (κ3) is 1.83. The van der Waals surface area contributed by atoms with Crippen LogP contribution in [0.3, 0.4) is 0 Å². The van der Waals surface area contributed by atoms with Gasteiger partial charge in [-0.2, -0.15) is 0 Å². The van der Waals surface area contributed by atoms with Gasteiger partial charge in [-0.3, -0.25) is 0 Å². The lowest BCUT2D eigenvalue weighted by molar-refractivity contribution is 0.700. The molecule has 0 aliphatic heterocycles. The maximum Gasteiger partial charge on any atom is 0.173 e. The van der Waals surface area contributed by atoms with Gasteiger partial charge in [0.2, 0.25) is 0 Å². The van der Waals surface area contributed by atoms with Gasteiger partial charge in [0.15, 0.2) is 11.6 Å². The van der Waals surface area contributed by atoms with E-state index in [2.05, 4.69) is 10.4 Å². The highest BCUT2D eigenvalue weighted by Gasteiger charge is 2.21. The van der Waals surface area contributed by atoms with Gasteiger partial charge in [0.25, 0.3) is 0 Å². The topological polar surface area (TPSA) is 63.8 Å². The summed E-state index contributed by atoms with van der Waals surface area (Å²) in [6.07, 6.45) is 4.80. The van der Waals surface area contributed by atoms with Gasteiger partial charge >= 0.3 is 0 Å². The molecule has 0 fully saturated rings. The number of nitrogens with zero attached hydrogens (tertiary/aromatic N) is 2. The normalized spacial score (nSPS) is 14.4. The van der Waals surface area contributed by atoms with E-state index in [0.717, 1.165) is 39.6 Å². The number of nitrogen functional groups attached to an aromatic ring is 1. The first-order chi connectivity index (χ1) is 9.86. The van der Waals surface area contributed by atoms with Gasteiger partial charge in [0, 0.05) is 4.88 Å². The fourth-order valence-corrected chi connectivity index (χ4v) is 4.70. The fourth-order valence-electron chi connectivity index (χ4n) is 2.78. The number of aromatic nitrogens is 2. The van der Waals surface area contributed by atoms with Crippen LogP contribution >= 0.6 is 22.7 Å². The van der Waals surface area contributed by atoms with Crippen molar-refractivity contribution >= 4 is 38.7 Å². The minimum absolute atomic E-state index is 0.762. The molecule has 3 aromatic heterocycles. The second kappa shape index (κ2) is 4.80. The Morgan fingerprint density at radius 2 is 2.10 bits per heavy atom. The zero-order chi connectivity index (χ0) is 13.5. The summed E-state index contributed by atoms with van der Waals surface area (Å²) >= 11 is 3.45. The van der Waals surface area contributed by atoms with Crippen molar-refractivity contribution in [2.75, 3.05) is 5.43 Å². The third-order valence-corrected chi connectivity index (χ3v) is 5.74. The number of hydrazine groups is 1. The molecule has 0 saturated carbocycles. The first kappa shape index (κ1) is 12.3.